The number of amides is 3. The molecule has 0 bridgehead atoms. The Balaban J connectivity index is 2.38. The SMILES string of the molecule is CCNC(=O)NC(=O)C(C)Sc1nc2ccc(Br)cc2c(=O)n1CC(C)C. The molecule has 0 aliphatic heterocycles. The molecule has 0 aliphatic carbocycles. The van der Waals surface area contributed by atoms with Crippen LogP contribution in [0, 0.1) is 5.92 Å². The molecular formula is C18H23BrN4O3S. The van der Waals surface area contributed by atoms with Gasteiger partial charge < -0.3 is 5.32 Å². The summed E-state index contributed by atoms with van der Waals surface area (Å²) in [5.41, 5.74) is 0.427. The van der Waals surface area contributed by atoms with E-state index < -0.39 is 17.2 Å². The van der Waals surface area contributed by atoms with Crippen LogP contribution in [-0.2, 0) is 11.3 Å². The Labute approximate surface area is 170 Å². The lowest BCUT2D eigenvalue weighted by Gasteiger charge is -2.17. The van der Waals surface area contributed by atoms with Gasteiger partial charge in [-0.2, -0.15) is 0 Å². The molecule has 1 aromatic heterocycles. The largest absolute Gasteiger partial charge is 0.338 e. The van der Waals surface area contributed by atoms with Gasteiger partial charge in [0.2, 0.25) is 5.91 Å². The summed E-state index contributed by atoms with van der Waals surface area (Å²) in [5.74, 6) is -0.208. The van der Waals surface area contributed by atoms with E-state index in [1.807, 2.05) is 19.9 Å². The highest BCUT2D eigenvalue weighted by Crippen LogP contribution is 2.24. The lowest BCUT2D eigenvalue weighted by molar-refractivity contribution is -0.119. The third-order valence-corrected chi connectivity index (χ3v) is 5.24. The third-order valence-electron chi connectivity index (χ3n) is 3.65. The molecule has 146 valence electrons. The number of benzene rings is 1. The van der Waals surface area contributed by atoms with Gasteiger partial charge >= 0.3 is 6.03 Å². The molecule has 2 aromatic rings. The molecule has 1 heterocycles. The number of fused-ring (bicyclic) bond motifs is 1. The van der Waals surface area contributed by atoms with E-state index in [0.29, 0.717) is 29.1 Å². The predicted octanol–water partition coefficient (Wildman–Crippen LogP) is 3.14. The number of halogens is 1. The number of rotatable bonds is 6. The minimum atomic E-state index is -0.592. The molecule has 0 saturated carbocycles. The van der Waals surface area contributed by atoms with Gasteiger partial charge in [-0.25, -0.2) is 9.78 Å². The average molecular weight is 455 g/mol. The summed E-state index contributed by atoms with van der Waals surface area (Å²) < 4.78 is 2.40. The quantitative estimate of drug-likeness (QED) is 0.516. The number of aromatic nitrogens is 2. The first kappa shape index (κ1) is 21.4. The van der Waals surface area contributed by atoms with Gasteiger partial charge in [-0.3, -0.25) is 19.5 Å². The van der Waals surface area contributed by atoms with Gasteiger partial charge in [-0.1, -0.05) is 41.5 Å². The Kier molecular flexibility index (Phi) is 7.43. The molecule has 1 unspecified atom stereocenters. The standard InChI is InChI=1S/C18H23BrN4O3S/c1-5-20-17(26)22-15(24)11(4)27-18-21-14-7-6-12(19)8-13(14)16(25)23(18)9-10(2)3/h6-8,10-11H,5,9H2,1-4H3,(H2,20,22,24,26). The second-order valence-electron chi connectivity index (χ2n) is 6.47. The van der Waals surface area contributed by atoms with E-state index in [4.69, 9.17) is 0 Å². The zero-order valence-electron chi connectivity index (χ0n) is 15.7. The first-order valence-electron chi connectivity index (χ1n) is 8.68. The maximum Gasteiger partial charge on any atom is 0.321 e. The van der Waals surface area contributed by atoms with Crippen LogP contribution in [0.15, 0.2) is 32.6 Å². The number of carbonyl (C=O) groups is 2. The molecule has 0 radical (unpaired) electrons. The Morgan fingerprint density at radius 2 is 2.00 bits per heavy atom. The number of imide groups is 1. The Hall–Kier alpha value is -1.87. The fourth-order valence-corrected chi connectivity index (χ4v) is 3.70. The molecule has 0 fully saturated rings. The molecule has 27 heavy (non-hydrogen) atoms. The van der Waals surface area contributed by atoms with Crippen LogP contribution in [0.25, 0.3) is 10.9 Å². The number of hydrogen-bond donors (Lipinski definition) is 2. The summed E-state index contributed by atoms with van der Waals surface area (Å²) in [7, 11) is 0. The number of thioether (sulfide) groups is 1. The van der Waals surface area contributed by atoms with E-state index in [-0.39, 0.29) is 11.5 Å². The normalized spacial score (nSPS) is 12.2. The molecule has 0 spiro atoms. The van der Waals surface area contributed by atoms with Gasteiger partial charge in [-0.15, -0.1) is 0 Å². The van der Waals surface area contributed by atoms with Gasteiger partial charge in [0.05, 0.1) is 16.2 Å². The van der Waals surface area contributed by atoms with Crippen molar-refractivity contribution < 1.29 is 9.59 Å². The Bertz CT molecular complexity index is 913. The van der Waals surface area contributed by atoms with Crippen molar-refractivity contribution in [2.75, 3.05) is 6.54 Å². The van der Waals surface area contributed by atoms with E-state index in [2.05, 4.69) is 31.5 Å². The number of carbonyl (C=O) groups excluding carboxylic acids is 2. The van der Waals surface area contributed by atoms with Gasteiger partial charge in [0.15, 0.2) is 5.16 Å². The molecule has 0 aliphatic rings. The maximum atomic E-state index is 13.0. The van der Waals surface area contributed by atoms with E-state index >= 15 is 0 Å². The van der Waals surface area contributed by atoms with E-state index in [0.717, 1.165) is 16.2 Å². The van der Waals surface area contributed by atoms with Crippen molar-refractivity contribution >= 4 is 50.5 Å². The molecule has 9 heteroatoms. The highest BCUT2D eigenvalue weighted by atomic mass is 79.9. The van der Waals surface area contributed by atoms with Crippen LogP contribution < -0.4 is 16.2 Å². The zero-order valence-corrected chi connectivity index (χ0v) is 18.1. The molecule has 2 rings (SSSR count). The third kappa shape index (κ3) is 5.55. The fraction of sp³-hybridized carbons (Fsp3) is 0.444. The van der Waals surface area contributed by atoms with Crippen LogP contribution >= 0.6 is 27.7 Å². The monoisotopic (exact) mass is 454 g/mol. The van der Waals surface area contributed by atoms with Gasteiger partial charge in [0.25, 0.3) is 5.56 Å². The predicted molar refractivity (Wildman–Crippen MR) is 111 cm³/mol. The molecule has 1 aromatic carbocycles. The smallest absolute Gasteiger partial charge is 0.321 e. The van der Waals surface area contributed by atoms with Gasteiger partial charge in [0.1, 0.15) is 0 Å². The zero-order chi connectivity index (χ0) is 20.1. The maximum absolute atomic E-state index is 13.0. The van der Waals surface area contributed by atoms with E-state index in [1.54, 1.807) is 30.5 Å². The molecule has 7 nitrogen and oxygen atoms in total. The number of nitrogens with one attached hydrogen (secondary N) is 2. The second-order valence-corrected chi connectivity index (χ2v) is 8.70. The fourth-order valence-electron chi connectivity index (χ4n) is 2.42. The molecule has 3 amide bonds. The van der Waals surface area contributed by atoms with Crippen LogP contribution in [0.2, 0.25) is 0 Å². The van der Waals surface area contributed by atoms with Crippen molar-refractivity contribution in [3.05, 3.63) is 33.0 Å². The number of urea groups is 1. The summed E-state index contributed by atoms with van der Waals surface area (Å²) >= 11 is 4.55. The average Bonchev–Trinajstić information content (AvgIpc) is 2.58. The minimum absolute atomic E-state index is 0.145. The lowest BCUT2D eigenvalue weighted by atomic mass is 10.2. The van der Waals surface area contributed by atoms with Crippen LogP contribution in [0.1, 0.15) is 27.7 Å². The lowest BCUT2D eigenvalue weighted by Crippen LogP contribution is -2.42. The Morgan fingerprint density at radius 3 is 2.63 bits per heavy atom. The molecular weight excluding hydrogens is 432 g/mol. The van der Waals surface area contributed by atoms with Crippen LogP contribution in [-0.4, -0.2) is 33.3 Å². The minimum Gasteiger partial charge on any atom is -0.338 e. The van der Waals surface area contributed by atoms with Crippen molar-refractivity contribution in [3.8, 4) is 0 Å². The van der Waals surface area contributed by atoms with Gasteiger partial charge in [0, 0.05) is 17.6 Å². The summed E-state index contributed by atoms with van der Waals surface area (Å²) in [6, 6.07) is 4.80. The van der Waals surface area contributed by atoms with Crippen molar-refractivity contribution in [2.45, 2.75) is 44.6 Å². The van der Waals surface area contributed by atoms with E-state index in [1.165, 1.54) is 0 Å². The molecule has 1 atom stereocenters. The van der Waals surface area contributed by atoms with Crippen LogP contribution in [0.3, 0.4) is 0 Å². The highest BCUT2D eigenvalue weighted by Gasteiger charge is 2.21. The summed E-state index contributed by atoms with van der Waals surface area (Å²) in [5, 5.41) is 5.20. The van der Waals surface area contributed by atoms with Crippen molar-refractivity contribution in [1.29, 1.82) is 0 Å². The molecule has 2 N–H and O–H groups in total. The van der Waals surface area contributed by atoms with Crippen LogP contribution in [0.4, 0.5) is 4.79 Å². The highest BCUT2D eigenvalue weighted by molar-refractivity contribution is 9.10. The topological polar surface area (TPSA) is 93.1 Å². The summed E-state index contributed by atoms with van der Waals surface area (Å²) in [6.45, 7) is 8.38. The van der Waals surface area contributed by atoms with Crippen molar-refractivity contribution in [3.63, 3.8) is 0 Å². The molecule has 0 saturated heterocycles. The van der Waals surface area contributed by atoms with Gasteiger partial charge in [-0.05, 0) is 38.0 Å². The van der Waals surface area contributed by atoms with E-state index in [9.17, 15) is 14.4 Å². The van der Waals surface area contributed by atoms with Crippen molar-refractivity contribution in [2.24, 2.45) is 5.92 Å². The number of hydrogen-bond acceptors (Lipinski definition) is 5. The first-order chi connectivity index (χ1) is 12.7. The van der Waals surface area contributed by atoms with Crippen molar-refractivity contribution in [1.82, 2.24) is 20.2 Å². The first-order valence-corrected chi connectivity index (χ1v) is 10.4. The summed E-state index contributed by atoms with van der Waals surface area (Å²) in [6.07, 6.45) is 0. The Morgan fingerprint density at radius 1 is 1.30 bits per heavy atom. The number of nitrogens with zero attached hydrogens (tertiary/aromatic N) is 2. The summed E-state index contributed by atoms with van der Waals surface area (Å²) in [4.78, 5) is 41.4. The second kappa shape index (κ2) is 9.36. The van der Waals surface area contributed by atoms with Crippen LogP contribution in [0.5, 0.6) is 0 Å².